The van der Waals surface area contributed by atoms with Crippen LogP contribution in [0, 0.1) is 11.8 Å². The molecule has 4 heteroatoms. The number of benzene rings is 1. The van der Waals surface area contributed by atoms with Crippen LogP contribution in [0.25, 0.3) is 0 Å². The molecule has 0 atom stereocenters. The van der Waals surface area contributed by atoms with Crippen LogP contribution in [0.1, 0.15) is 48.5 Å². The van der Waals surface area contributed by atoms with Crippen molar-refractivity contribution in [1.82, 2.24) is 0 Å². The summed E-state index contributed by atoms with van der Waals surface area (Å²) in [6, 6.07) is 7.40. The van der Waals surface area contributed by atoms with Gasteiger partial charge in [0.15, 0.2) is 5.78 Å². The standard InChI is InChI=1S/C16H19F3O/c1-2-11-3-5-12(6-4-11)15(20)13-7-9-14(10-8-13)16(17,18)19/h3-6,13-14H,2,7-10H2,1H3. The predicted molar refractivity (Wildman–Crippen MR) is 71.7 cm³/mol. The summed E-state index contributed by atoms with van der Waals surface area (Å²) < 4.78 is 37.8. The van der Waals surface area contributed by atoms with Crippen molar-refractivity contribution >= 4 is 5.78 Å². The molecular weight excluding hydrogens is 265 g/mol. The molecule has 0 radical (unpaired) electrons. The van der Waals surface area contributed by atoms with Crippen LogP contribution < -0.4 is 0 Å². The van der Waals surface area contributed by atoms with Crippen LogP contribution in [0.5, 0.6) is 0 Å². The monoisotopic (exact) mass is 284 g/mol. The molecule has 1 saturated carbocycles. The lowest BCUT2D eigenvalue weighted by Gasteiger charge is -2.29. The van der Waals surface area contributed by atoms with Crippen molar-refractivity contribution in [3.63, 3.8) is 0 Å². The minimum atomic E-state index is -4.11. The zero-order chi connectivity index (χ0) is 14.8. The summed E-state index contributed by atoms with van der Waals surface area (Å²) in [5, 5.41) is 0. The van der Waals surface area contributed by atoms with Gasteiger partial charge in [-0.15, -0.1) is 0 Å². The summed E-state index contributed by atoms with van der Waals surface area (Å²) in [6.07, 6.45) is -2.36. The molecule has 0 N–H and O–H groups in total. The van der Waals surface area contributed by atoms with Gasteiger partial charge >= 0.3 is 6.18 Å². The van der Waals surface area contributed by atoms with Crippen molar-refractivity contribution in [3.8, 4) is 0 Å². The van der Waals surface area contributed by atoms with Gasteiger partial charge in [-0.05, 0) is 37.7 Å². The van der Waals surface area contributed by atoms with E-state index >= 15 is 0 Å². The van der Waals surface area contributed by atoms with Crippen molar-refractivity contribution < 1.29 is 18.0 Å². The highest BCUT2D eigenvalue weighted by Gasteiger charge is 2.42. The van der Waals surface area contributed by atoms with Crippen LogP contribution in [-0.4, -0.2) is 12.0 Å². The Morgan fingerprint density at radius 3 is 2.10 bits per heavy atom. The van der Waals surface area contributed by atoms with Gasteiger partial charge in [0.25, 0.3) is 0 Å². The molecule has 110 valence electrons. The zero-order valence-corrected chi connectivity index (χ0v) is 11.5. The quantitative estimate of drug-likeness (QED) is 0.729. The fourth-order valence-electron chi connectivity index (χ4n) is 2.82. The largest absolute Gasteiger partial charge is 0.391 e. The maximum Gasteiger partial charge on any atom is 0.391 e. The SMILES string of the molecule is CCc1ccc(C(=O)C2CCC(C(F)(F)F)CC2)cc1. The second-order valence-electron chi connectivity index (χ2n) is 5.50. The van der Waals surface area contributed by atoms with E-state index in [0.29, 0.717) is 18.4 Å². The van der Waals surface area contributed by atoms with E-state index in [-0.39, 0.29) is 24.5 Å². The molecule has 0 saturated heterocycles. The van der Waals surface area contributed by atoms with Gasteiger partial charge in [-0.2, -0.15) is 13.2 Å². The molecule has 0 bridgehead atoms. The lowest BCUT2D eigenvalue weighted by atomic mass is 9.78. The van der Waals surface area contributed by atoms with Crippen molar-refractivity contribution in [2.24, 2.45) is 11.8 Å². The van der Waals surface area contributed by atoms with Crippen LogP contribution in [0.2, 0.25) is 0 Å². The van der Waals surface area contributed by atoms with E-state index in [4.69, 9.17) is 0 Å². The lowest BCUT2D eigenvalue weighted by molar-refractivity contribution is -0.183. The first kappa shape index (κ1) is 15.1. The first-order valence-corrected chi connectivity index (χ1v) is 7.11. The average molecular weight is 284 g/mol. The lowest BCUT2D eigenvalue weighted by Crippen LogP contribution is -2.30. The summed E-state index contributed by atoms with van der Waals surface area (Å²) in [7, 11) is 0. The number of aryl methyl sites for hydroxylation is 1. The highest BCUT2D eigenvalue weighted by molar-refractivity contribution is 5.97. The number of carbonyl (C=O) groups is 1. The molecule has 0 unspecified atom stereocenters. The summed E-state index contributed by atoms with van der Waals surface area (Å²) in [4.78, 5) is 12.3. The fourth-order valence-corrected chi connectivity index (χ4v) is 2.82. The van der Waals surface area contributed by atoms with E-state index in [2.05, 4.69) is 0 Å². The maximum atomic E-state index is 12.6. The molecule has 1 nitrogen and oxygen atoms in total. The van der Waals surface area contributed by atoms with Gasteiger partial charge in [-0.25, -0.2) is 0 Å². The van der Waals surface area contributed by atoms with Crippen molar-refractivity contribution in [2.45, 2.75) is 45.2 Å². The molecule has 1 aromatic carbocycles. The predicted octanol–water partition coefficient (Wildman–Crippen LogP) is 4.80. The molecule has 1 aromatic rings. The van der Waals surface area contributed by atoms with Gasteiger partial charge in [0.1, 0.15) is 0 Å². The van der Waals surface area contributed by atoms with Crippen molar-refractivity contribution in [3.05, 3.63) is 35.4 Å². The summed E-state index contributed by atoms with van der Waals surface area (Å²) in [5.41, 5.74) is 1.78. The Morgan fingerprint density at radius 2 is 1.65 bits per heavy atom. The van der Waals surface area contributed by atoms with Gasteiger partial charge in [0, 0.05) is 11.5 Å². The maximum absolute atomic E-state index is 12.6. The van der Waals surface area contributed by atoms with Gasteiger partial charge in [0.2, 0.25) is 0 Å². The topological polar surface area (TPSA) is 17.1 Å². The van der Waals surface area contributed by atoms with E-state index in [1.54, 1.807) is 12.1 Å². The van der Waals surface area contributed by atoms with Crippen LogP contribution >= 0.6 is 0 Å². The van der Waals surface area contributed by atoms with Gasteiger partial charge < -0.3 is 0 Å². The molecule has 0 spiro atoms. The van der Waals surface area contributed by atoms with Gasteiger partial charge in [-0.3, -0.25) is 4.79 Å². The number of carbonyl (C=O) groups excluding carboxylic acids is 1. The molecule has 1 aliphatic carbocycles. The Labute approximate surface area is 117 Å². The number of hydrogen-bond donors (Lipinski definition) is 0. The van der Waals surface area contributed by atoms with Crippen molar-refractivity contribution in [1.29, 1.82) is 0 Å². The molecule has 2 rings (SSSR count). The Bertz CT molecular complexity index is 454. The number of ketones is 1. The molecule has 0 aromatic heterocycles. The zero-order valence-electron chi connectivity index (χ0n) is 11.5. The molecule has 1 fully saturated rings. The van der Waals surface area contributed by atoms with Crippen LogP contribution in [-0.2, 0) is 6.42 Å². The van der Waals surface area contributed by atoms with Gasteiger partial charge in [-0.1, -0.05) is 31.2 Å². The smallest absolute Gasteiger partial charge is 0.294 e. The third kappa shape index (κ3) is 3.41. The average Bonchev–Trinajstić information content (AvgIpc) is 2.46. The van der Waals surface area contributed by atoms with Crippen LogP contribution in [0.15, 0.2) is 24.3 Å². The Kier molecular flexibility index (Phi) is 4.51. The summed E-state index contributed by atoms with van der Waals surface area (Å²) >= 11 is 0. The minimum Gasteiger partial charge on any atom is -0.294 e. The molecule has 20 heavy (non-hydrogen) atoms. The molecular formula is C16H19F3O. The second kappa shape index (κ2) is 5.98. The van der Waals surface area contributed by atoms with E-state index in [9.17, 15) is 18.0 Å². The van der Waals surface area contributed by atoms with Crippen LogP contribution in [0.3, 0.4) is 0 Å². The van der Waals surface area contributed by atoms with Crippen LogP contribution in [0.4, 0.5) is 13.2 Å². The minimum absolute atomic E-state index is 0.00622. The van der Waals surface area contributed by atoms with E-state index in [0.717, 1.165) is 12.0 Å². The highest BCUT2D eigenvalue weighted by atomic mass is 19.4. The highest BCUT2D eigenvalue weighted by Crippen LogP contribution is 2.40. The number of hydrogen-bond acceptors (Lipinski definition) is 1. The molecule has 0 heterocycles. The third-order valence-corrected chi connectivity index (χ3v) is 4.21. The van der Waals surface area contributed by atoms with E-state index in [1.807, 2.05) is 19.1 Å². The number of Topliss-reactive ketones (excluding diaryl/α,β-unsaturated/α-hetero) is 1. The van der Waals surface area contributed by atoms with Gasteiger partial charge in [0.05, 0.1) is 5.92 Å². The number of alkyl halides is 3. The number of halogens is 3. The Morgan fingerprint density at radius 1 is 1.10 bits per heavy atom. The molecule has 0 amide bonds. The summed E-state index contributed by atoms with van der Waals surface area (Å²) in [5.74, 6) is -1.48. The Balaban J connectivity index is 1.97. The first-order chi connectivity index (χ1) is 9.41. The summed E-state index contributed by atoms with van der Waals surface area (Å²) in [6.45, 7) is 2.04. The normalized spacial score (nSPS) is 23.6. The third-order valence-electron chi connectivity index (χ3n) is 4.21. The fraction of sp³-hybridized carbons (Fsp3) is 0.562. The van der Waals surface area contributed by atoms with Crippen molar-refractivity contribution in [2.75, 3.05) is 0 Å². The first-order valence-electron chi connectivity index (χ1n) is 7.11. The van der Waals surface area contributed by atoms with E-state index in [1.165, 1.54) is 0 Å². The number of rotatable bonds is 3. The Hall–Kier alpha value is -1.32. The second-order valence-corrected chi connectivity index (χ2v) is 5.50. The molecule has 0 aliphatic heterocycles. The van der Waals surface area contributed by atoms with E-state index < -0.39 is 12.1 Å². The molecule has 1 aliphatic rings.